The van der Waals surface area contributed by atoms with Crippen LogP contribution in [0.3, 0.4) is 0 Å². The number of hydrogen-bond acceptors (Lipinski definition) is 4. The lowest BCUT2D eigenvalue weighted by molar-refractivity contribution is -0.121. The van der Waals surface area contributed by atoms with E-state index in [1.807, 2.05) is 18.2 Å². The Morgan fingerprint density at radius 3 is 2.88 bits per heavy atom. The molecule has 2 bridgehead atoms. The average molecular weight is 234 g/mol. The van der Waals surface area contributed by atoms with Crippen LogP contribution in [0.2, 0.25) is 0 Å². The molecule has 0 aliphatic carbocycles. The molecule has 4 heteroatoms. The average Bonchev–Trinajstić information content (AvgIpc) is 3.05. The highest BCUT2D eigenvalue weighted by Crippen LogP contribution is 2.43. The van der Waals surface area contributed by atoms with Crippen LogP contribution < -0.4 is 0 Å². The largest absolute Gasteiger partial charge is 0.368 e. The van der Waals surface area contributed by atoms with E-state index in [0.29, 0.717) is 13.2 Å². The molecule has 0 unspecified atom stereocenters. The fourth-order valence-corrected chi connectivity index (χ4v) is 2.58. The zero-order valence-corrected chi connectivity index (χ0v) is 9.32. The van der Waals surface area contributed by atoms with Crippen LogP contribution in [0.4, 0.5) is 0 Å². The summed E-state index contributed by atoms with van der Waals surface area (Å²) in [5.74, 6) is 0. The molecule has 5 atom stereocenters. The third-order valence-electron chi connectivity index (χ3n) is 3.54. The summed E-state index contributed by atoms with van der Waals surface area (Å²) < 4.78 is 22.6. The van der Waals surface area contributed by atoms with E-state index in [-0.39, 0.29) is 30.7 Å². The van der Waals surface area contributed by atoms with Crippen LogP contribution in [-0.4, -0.2) is 37.3 Å². The lowest BCUT2D eigenvalue weighted by atomic mass is 10.1. The summed E-state index contributed by atoms with van der Waals surface area (Å²) in [6, 6.07) is 10.1. The Kier molecular flexibility index (Phi) is 2.23. The van der Waals surface area contributed by atoms with Gasteiger partial charge < -0.3 is 18.9 Å². The van der Waals surface area contributed by atoms with Gasteiger partial charge in [-0.05, 0) is 5.56 Å². The molecule has 3 aliphatic heterocycles. The van der Waals surface area contributed by atoms with Gasteiger partial charge in [0.25, 0.3) is 0 Å². The van der Waals surface area contributed by atoms with E-state index in [0.717, 1.165) is 0 Å². The molecule has 0 amide bonds. The molecule has 3 aliphatic rings. The number of ether oxygens (including phenoxy) is 4. The number of rotatable bonds is 3. The van der Waals surface area contributed by atoms with Gasteiger partial charge in [-0.25, -0.2) is 0 Å². The van der Waals surface area contributed by atoms with Crippen LogP contribution in [0, 0.1) is 0 Å². The van der Waals surface area contributed by atoms with Crippen molar-refractivity contribution >= 4 is 0 Å². The standard InChI is InChI=1S/C13H14O4/c1-2-4-8(5-3-1)6-14-10-9-7-15-13(16-9)12-11(10)17-12/h1-5,9-13H,6-7H2/t9-,10+,11-,12+,13+/m0/s1. The normalized spacial score (nSPS) is 42.2. The summed E-state index contributed by atoms with van der Waals surface area (Å²) in [5, 5.41) is 0. The van der Waals surface area contributed by atoms with Crippen molar-refractivity contribution in [3.63, 3.8) is 0 Å². The summed E-state index contributed by atoms with van der Waals surface area (Å²) in [6.45, 7) is 1.23. The van der Waals surface area contributed by atoms with Crippen LogP contribution in [0.25, 0.3) is 0 Å². The minimum atomic E-state index is -0.151. The zero-order valence-electron chi connectivity index (χ0n) is 9.32. The first-order valence-corrected chi connectivity index (χ1v) is 6.00. The highest BCUT2D eigenvalue weighted by molar-refractivity contribution is 5.14. The number of fused-ring (bicyclic) bond motifs is 4. The zero-order chi connectivity index (χ0) is 11.2. The van der Waals surface area contributed by atoms with Crippen molar-refractivity contribution in [3.05, 3.63) is 35.9 Å². The molecule has 1 aromatic carbocycles. The predicted molar refractivity (Wildman–Crippen MR) is 58.3 cm³/mol. The first kappa shape index (κ1) is 10.0. The van der Waals surface area contributed by atoms with Crippen molar-refractivity contribution in [3.8, 4) is 0 Å². The summed E-state index contributed by atoms with van der Waals surface area (Å²) in [6.07, 6.45) is 0.160. The van der Waals surface area contributed by atoms with Gasteiger partial charge in [-0.2, -0.15) is 0 Å². The van der Waals surface area contributed by atoms with Gasteiger partial charge in [0.1, 0.15) is 24.4 Å². The Morgan fingerprint density at radius 1 is 1.12 bits per heavy atom. The molecule has 3 heterocycles. The fraction of sp³-hybridized carbons (Fsp3) is 0.538. The van der Waals surface area contributed by atoms with Crippen LogP contribution in [0.5, 0.6) is 0 Å². The molecule has 0 aromatic heterocycles. The molecule has 0 saturated carbocycles. The second-order valence-electron chi connectivity index (χ2n) is 4.70. The SMILES string of the molecule is c1ccc(CO[C@H]2[C@@H]3O[C@H]3[C@@H]3OC[C@@H]2O3)cc1. The monoisotopic (exact) mass is 234 g/mol. The first-order chi connectivity index (χ1) is 8.42. The van der Waals surface area contributed by atoms with E-state index in [2.05, 4.69) is 12.1 Å². The highest BCUT2D eigenvalue weighted by Gasteiger charge is 2.62. The molecule has 3 fully saturated rings. The van der Waals surface area contributed by atoms with E-state index in [4.69, 9.17) is 18.9 Å². The third-order valence-corrected chi connectivity index (χ3v) is 3.54. The van der Waals surface area contributed by atoms with Gasteiger partial charge in [0.05, 0.1) is 13.2 Å². The van der Waals surface area contributed by atoms with Gasteiger partial charge in [0.15, 0.2) is 6.29 Å². The van der Waals surface area contributed by atoms with E-state index in [9.17, 15) is 0 Å². The Bertz CT molecular complexity index is 407. The Hall–Kier alpha value is -0.940. The van der Waals surface area contributed by atoms with Gasteiger partial charge in [-0.3, -0.25) is 0 Å². The molecule has 4 nitrogen and oxygen atoms in total. The summed E-state index contributed by atoms with van der Waals surface area (Å²) in [5.41, 5.74) is 1.17. The second kappa shape index (κ2) is 3.78. The Morgan fingerprint density at radius 2 is 2.00 bits per heavy atom. The third kappa shape index (κ3) is 1.68. The van der Waals surface area contributed by atoms with Crippen molar-refractivity contribution in [1.82, 2.24) is 0 Å². The molecule has 0 radical (unpaired) electrons. The van der Waals surface area contributed by atoms with E-state index in [1.165, 1.54) is 5.56 Å². The molecule has 1 aromatic rings. The van der Waals surface area contributed by atoms with Crippen molar-refractivity contribution in [1.29, 1.82) is 0 Å². The second-order valence-corrected chi connectivity index (χ2v) is 4.70. The van der Waals surface area contributed by atoms with Crippen LogP contribution >= 0.6 is 0 Å². The first-order valence-electron chi connectivity index (χ1n) is 6.00. The molecule has 4 rings (SSSR count). The van der Waals surface area contributed by atoms with E-state index in [1.54, 1.807) is 0 Å². The quantitative estimate of drug-likeness (QED) is 0.734. The summed E-state index contributed by atoms with van der Waals surface area (Å²) in [7, 11) is 0. The molecule has 0 spiro atoms. The molecule has 3 saturated heterocycles. The number of benzene rings is 1. The fourth-order valence-electron chi connectivity index (χ4n) is 2.58. The Balaban J connectivity index is 1.43. The maximum absolute atomic E-state index is 5.92. The van der Waals surface area contributed by atoms with E-state index >= 15 is 0 Å². The van der Waals surface area contributed by atoms with Gasteiger partial charge in [-0.1, -0.05) is 30.3 Å². The minimum Gasteiger partial charge on any atom is -0.368 e. The molecular weight excluding hydrogens is 220 g/mol. The van der Waals surface area contributed by atoms with Gasteiger partial charge in [-0.15, -0.1) is 0 Å². The van der Waals surface area contributed by atoms with Gasteiger partial charge in [0, 0.05) is 0 Å². The lowest BCUT2D eigenvalue weighted by Gasteiger charge is -2.24. The van der Waals surface area contributed by atoms with Crippen molar-refractivity contribution in [2.45, 2.75) is 37.3 Å². The summed E-state index contributed by atoms with van der Waals surface area (Å²) >= 11 is 0. The molecule has 90 valence electrons. The van der Waals surface area contributed by atoms with Gasteiger partial charge >= 0.3 is 0 Å². The minimum absolute atomic E-state index is 0.0129. The maximum Gasteiger partial charge on any atom is 0.187 e. The number of hydrogen-bond donors (Lipinski definition) is 0. The molecular formula is C13H14O4. The van der Waals surface area contributed by atoms with Crippen LogP contribution in [0.15, 0.2) is 30.3 Å². The molecule has 0 N–H and O–H groups in total. The Labute approximate surface area is 99.4 Å². The smallest absolute Gasteiger partial charge is 0.187 e. The van der Waals surface area contributed by atoms with Gasteiger partial charge in [0.2, 0.25) is 0 Å². The maximum atomic E-state index is 5.92. The van der Waals surface area contributed by atoms with Crippen molar-refractivity contribution in [2.24, 2.45) is 0 Å². The summed E-state index contributed by atoms with van der Waals surface area (Å²) in [4.78, 5) is 0. The highest BCUT2D eigenvalue weighted by atomic mass is 16.8. The van der Waals surface area contributed by atoms with Crippen LogP contribution in [-0.2, 0) is 25.6 Å². The topological polar surface area (TPSA) is 40.2 Å². The van der Waals surface area contributed by atoms with Crippen molar-refractivity contribution < 1.29 is 18.9 Å². The van der Waals surface area contributed by atoms with E-state index < -0.39 is 0 Å². The van der Waals surface area contributed by atoms with Crippen LogP contribution in [0.1, 0.15) is 5.56 Å². The lowest BCUT2D eigenvalue weighted by Crippen LogP contribution is -2.41. The van der Waals surface area contributed by atoms with Crippen molar-refractivity contribution in [2.75, 3.05) is 6.61 Å². The number of epoxide rings is 1. The molecule has 17 heavy (non-hydrogen) atoms. The predicted octanol–water partition coefficient (Wildman–Crippen LogP) is 1.09.